The first-order chi connectivity index (χ1) is 7.36. The zero-order valence-corrected chi connectivity index (χ0v) is 8.38. The van der Waals surface area contributed by atoms with Crippen molar-refractivity contribution in [3.8, 4) is 0 Å². The fourth-order valence-corrected chi connectivity index (χ4v) is 1.20. The fraction of sp³-hybridized carbons (Fsp3) is 0.333. The SMILES string of the molecule is CC(NCc1ncn[nH]1)c1cnccn1. The van der Waals surface area contributed by atoms with E-state index in [0.29, 0.717) is 6.54 Å². The maximum absolute atomic E-state index is 4.21. The van der Waals surface area contributed by atoms with Crippen LogP contribution in [0.15, 0.2) is 24.9 Å². The smallest absolute Gasteiger partial charge is 0.138 e. The third-order valence-corrected chi connectivity index (χ3v) is 2.07. The number of aromatic nitrogens is 5. The molecule has 2 N–H and O–H groups in total. The first kappa shape index (κ1) is 9.72. The topological polar surface area (TPSA) is 79.4 Å². The van der Waals surface area contributed by atoms with Crippen molar-refractivity contribution in [2.45, 2.75) is 19.5 Å². The second-order valence-corrected chi connectivity index (χ2v) is 3.17. The first-order valence-electron chi connectivity index (χ1n) is 4.70. The van der Waals surface area contributed by atoms with Crippen LogP contribution in [0.3, 0.4) is 0 Å². The van der Waals surface area contributed by atoms with Gasteiger partial charge < -0.3 is 5.32 Å². The van der Waals surface area contributed by atoms with Gasteiger partial charge in [-0.3, -0.25) is 15.1 Å². The van der Waals surface area contributed by atoms with E-state index in [0.717, 1.165) is 11.5 Å². The van der Waals surface area contributed by atoms with Gasteiger partial charge in [0.05, 0.1) is 12.2 Å². The van der Waals surface area contributed by atoms with E-state index in [1.165, 1.54) is 6.33 Å². The minimum Gasteiger partial charge on any atom is -0.302 e. The van der Waals surface area contributed by atoms with Gasteiger partial charge in [0.1, 0.15) is 12.2 Å². The van der Waals surface area contributed by atoms with Crippen molar-refractivity contribution in [3.63, 3.8) is 0 Å². The van der Waals surface area contributed by atoms with Gasteiger partial charge in [-0.25, -0.2) is 4.98 Å². The number of H-pyrrole nitrogens is 1. The monoisotopic (exact) mass is 204 g/mol. The van der Waals surface area contributed by atoms with Crippen molar-refractivity contribution in [1.29, 1.82) is 0 Å². The molecule has 0 spiro atoms. The van der Waals surface area contributed by atoms with Crippen LogP contribution in [0.5, 0.6) is 0 Å². The van der Waals surface area contributed by atoms with Gasteiger partial charge in [0.2, 0.25) is 0 Å². The lowest BCUT2D eigenvalue weighted by Gasteiger charge is -2.10. The number of nitrogens with zero attached hydrogens (tertiary/aromatic N) is 4. The van der Waals surface area contributed by atoms with Gasteiger partial charge in [-0.15, -0.1) is 0 Å². The Morgan fingerprint density at radius 1 is 1.40 bits per heavy atom. The van der Waals surface area contributed by atoms with Crippen LogP contribution in [0, 0.1) is 0 Å². The molecule has 15 heavy (non-hydrogen) atoms. The largest absolute Gasteiger partial charge is 0.302 e. The molecular formula is C9H12N6. The van der Waals surface area contributed by atoms with Gasteiger partial charge in [0, 0.05) is 24.6 Å². The highest BCUT2D eigenvalue weighted by Gasteiger charge is 2.06. The summed E-state index contributed by atoms with van der Waals surface area (Å²) in [5.41, 5.74) is 0.914. The molecular weight excluding hydrogens is 192 g/mol. The highest BCUT2D eigenvalue weighted by Crippen LogP contribution is 2.06. The maximum atomic E-state index is 4.21. The molecule has 2 rings (SSSR count). The number of hydrogen-bond acceptors (Lipinski definition) is 5. The van der Waals surface area contributed by atoms with E-state index in [9.17, 15) is 0 Å². The minimum absolute atomic E-state index is 0.142. The van der Waals surface area contributed by atoms with Crippen LogP contribution in [0.2, 0.25) is 0 Å². The Balaban J connectivity index is 1.90. The number of hydrogen-bond donors (Lipinski definition) is 2. The average molecular weight is 204 g/mol. The molecule has 0 amide bonds. The lowest BCUT2D eigenvalue weighted by molar-refractivity contribution is 0.546. The van der Waals surface area contributed by atoms with E-state index in [4.69, 9.17) is 0 Å². The second-order valence-electron chi connectivity index (χ2n) is 3.17. The van der Waals surface area contributed by atoms with Crippen molar-refractivity contribution >= 4 is 0 Å². The molecule has 1 atom stereocenters. The lowest BCUT2D eigenvalue weighted by Crippen LogP contribution is -2.19. The molecule has 2 aromatic rings. The Morgan fingerprint density at radius 3 is 3.00 bits per heavy atom. The summed E-state index contributed by atoms with van der Waals surface area (Å²) in [6, 6.07) is 0.142. The Bertz CT molecular complexity index is 384. The summed E-state index contributed by atoms with van der Waals surface area (Å²) < 4.78 is 0. The molecule has 0 saturated heterocycles. The van der Waals surface area contributed by atoms with Crippen molar-refractivity contribution in [2.75, 3.05) is 0 Å². The molecule has 78 valence electrons. The van der Waals surface area contributed by atoms with Crippen LogP contribution in [0.1, 0.15) is 24.5 Å². The van der Waals surface area contributed by atoms with Crippen LogP contribution >= 0.6 is 0 Å². The zero-order chi connectivity index (χ0) is 10.5. The minimum atomic E-state index is 0.142. The maximum Gasteiger partial charge on any atom is 0.138 e. The van der Waals surface area contributed by atoms with Crippen molar-refractivity contribution in [3.05, 3.63) is 36.4 Å². The second kappa shape index (κ2) is 4.61. The molecule has 0 aliphatic carbocycles. The summed E-state index contributed by atoms with van der Waals surface area (Å²) in [6.45, 7) is 2.66. The highest BCUT2D eigenvalue weighted by molar-refractivity contribution is 5.00. The Morgan fingerprint density at radius 2 is 2.33 bits per heavy atom. The molecule has 0 aliphatic rings. The highest BCUT2D eigenvalue weighted by atomic mass is 15.2. The number of nitrogens with one attached hydrogen (secondary N) is 2. The van der Waals surface area contributed by atoms with Crippen LogP contribution < -0.4 is 5.32 Å². The van der Waals surface area contributed by atoms with Crippen LogP contribution in [-0.4, -0.2) is 25.1 Å². The van der Waals surface area contributed by atoms with E-state index in [-0.39, 0.29) is 6.04 Å². The van der Waals surface area contributed by atoms with Crippen molar-refractivity contribution in [2.24, 2.45) is 0 Å². The van der Waals surface area contributed by atoms with Gasteiger partial charge in [-0.1, -0.05) is 0 Å². The molecule has 0 aliphatic heterocycles. The van der Waals surface area contributed by atoms with E-state index < -0.39 is 0 Å². The fourth-order valence-electron chi connectivity index (χ4n) is 1.20. The van der Waals surface area contributed by atoms with Gasteiger partial charge >= 0.3 is 0 Å². The van der Waals surface area contributed by atoms with Gasteiger partial charge in [-0.05, 0) is 6.92 Å². The molecule has 6 nitrogen and oxygen atoms in total. The Labute approximate surface area is 87.2 Å². The van der Waals surface area contributed by atoms with E-state index in [1.54, 1.807) is 18.6 Å². The Kier molecular flexibility index (Phi) is 2.99. The summed E-state index contributed by atoms with van der Waals surface area (Å²) >= 11 is 0. The van der Waals surface area contributed by atoms with Crippen LogP contribution in [0.25, 0.3) is 0 Å². The molecule has 1 unspecified atom stereocenters. The average Bonchev–Trinajstić information content (AvgIpc) is 2.80. The van der Waals surface area contributed by atoms with Gasteiger partial charge in [0.25, 0.3) is 0 Å². The number of rotatable bonds is 4. The third kappa shape index (κ3) is 2.57. The molecule has 0 bridgehead atoms. The Hall–Kier alpha value is -1.82. The van der Waals surface area contributed by atoms with E-state index >= 15 is 0 Å². The van der Waals surface area contributed by atoms with Crippen LogP contribution in [-0.2, 0) is 6.54 Å². The summed E-state index contributed by atoms with van der Waals surface area (Å²) in [6.07, 6.45) is 6.58. The van der Waals surface area contributed by atoms with E-state index in [1.807, 2.05) is 6.92 Å². The van der Waals surface area contributed by atoms with Crippen molar-refractivity contribution in [1.82, 2.24) is 30.5 Å². The van der Waals surface area contributed by atoms with Crippen molar-refractivity contribution < 1.29 is 0 Å². The molecule has 0 fully saturated rings. The first-order valence-corrected chi connectivity index (χ1v) is 4.70. The number of aromatic amines is 1. The predicted molar refractivity (Wildman–Crippen MR) is 53.7 cm³/mol. The predicted octanol–water partition coefficient (Wildman–Crippen LogP) is 0.445. The summed E-state index contributed by atoms with van der Waals surface area (Å²) in [5.74, 6) is 0.811. The molecule has 0 saturated carbocycles. The molecule has 6 heteroatoms. The quantitative estimate of drug-likeness (QED) is 0.755. The summed E-state index contributed by atoms with van der Waals surface area (Å²) in [7, 11) is 0. The molecule has 0 radical (unpaired) electrons. The van der Waals surface area contributed by atoms with Gasteiger partial charge in [-0.2, -0.15) is 5.10 Å². The third-order valence-electron chi connectivity index (χ3n) is 2.07. The summed E-state index contributed by atoms with van der Waals surface area (Å²) in [5, 5.41) is 9.82. The lowest BCUT2D eigenvalue weighted by atomic mass is 10.2. The standard InChI is InChI=1S/C9H12N6/c1-7(8-4-10-2-3-11-8)12-5-9-13-6-14-15-9/h2-4,6-7,12H,5H2,1H3,(H,13,14,15). The van der Waals surface area contributed by atoms with E-state index in [2.05, 4.69) is 30.5 Å². The molecule has 0 aromatic carbocycles. The van der Waals surface area contributed by atoms with Gasteiger partial charge in [0.15, 0.2) is 0 Å². The summed E-state index contributed by atoms with van der Waals surface area (Å²) in [4.78, 5) is 12.2. The molecule has 2 aromatic heterocycles. The van der Waals surface area contributed by atoms with Crippen LogP contribution in [0.4, 0.5) is 0 Å². The zero-order valence-electron chi connectivity index (χ0n) is 8.38. The normalized spacial score (nSPS) is 12.6. The molecule has 2 heterocycles.